The Bertz CT molecular complexity index is 884. The number of hydrogen-bond donors (Lipinski definition) is 2. The largest absolute Gasteiger partial charge is 0.481 e. The lowest BCUT2D eigenvalue weighted by Gasteiger charge is -2.21. The van der Waals surface area contributed by atoms with Crippen molar-refractivity contribution in [2.45, 2.75) is 32.4 Å². The van der Waals surface area contributed by atoms with Gasteiger partial charge in [-0.2, -0.15) is 5.10 Å². The highest BCUT2D eigenvalue weighted by atomic mass is 16.4. The molecular weight excluding hydrogens is 308 g/mol. The van der Waals surface area contributed by atoms with Crippen molar-refractivity contribution in [3.05, 3.63) is 36.0 Å². The first-order valence-corrected chi connectivity index (χ1v) is 8.01. The van der Waals surface area contributed by atoms with Gasteiger partial charge >= 0.3 is 5.97 Å². The van der Waals surface area contributed by atoms with Gasteiger partial charge in [0.1, 0.15) is 17.8 Å². The quantitative estimate of drug-likeness (QED) is 0.755. The molecule has 4 rings (SSSR count). The maximum Gasteiger partial charge on any atom is 0.303 e. The molecule has 24 heavy (non-hydrogen) atoms. The second kappa shape index (κ2) is 5.95. The van der Waals surface area contributed by atoms with E-state index in [4.69, 9.17) is 5.11 Å². The highest BCUT2D eigenvalue weighted by Crippen LogP contribution is 2.25. The van der Waals surface area contributed by atoms with E-state index in [-0.39, 0.29) is 6.42 Å². The van der Waals surface area contributed by atoms with Gasteiger partial charge in [0.05, 0.1) is 29.7 Å². The Labute approximate surface area is 138 Å². The third-order valence-corrected chi connectivity index (χ3v) is 4.29. The average Bonchev–Trinajstić information content (AvgIpc) is 3.14. The minimum Gasteiger partial charge on any atom is -0.481 e. The van der Waals surface area contributed by atoms with Crippen molar-refractivity contribution in [2.24, 2.45) is 0 Å². The predicted molar refractivity (Wildman–Crippen MR) is 87.7 cm³/mol. The van der Waals surface area contributed by atoms with E-state index in [0.29, 0.717) is 13.0 Å². The third-order valence-electron chi connectivity index (χ3n) is 4.29. The Kier molecular flexibility index (Phi) is 3.64. The van der Waals surface area contributed by atoms with E-state index >= 15 is 0 Å². The number of anilines is 1. The van der Waals surface area contributed by atoms with Gasteiger partial charge in [-0.05, 0) is 18.6 Å². The number of aliphatic carboxylic acids is 1. The zero-order valence-corrected chi connectivity index (χ0v) is 13.1. The summed E-state index contributed by atoms with van der Waals surface area (Å²) < 4.78 is 1.99. The fraction of sp³-hybridized carbons (Fsp3) is 0.375. The minimum atomic E-state index is -0.796. The smallest absolute Gasteiger partial charge is 0.303 e. The van der Waals surface area contributed by atoms with E-state index in [9.17, 15) is 4.79 Å². The maximum absolute atomic E-state index is 10.7. The molecule has 0 fully saturated rings. The van der Waals surface area contributed by atoms with Crippen LogP contribution in [0.1, 0.15) is 24.2 Å². The number of carbonyl (C=O) groups is 1. The molecule has 0 spiro atoms. The van der Waals surface area contributed by atoms with Gasteiger partial charge in [0, 0.05) is 25.7 Å². The van der Waals surface area contributed by atoms with Gasteiger partial charge in [0.15, 0.2) is 0 Å². The molecule has 124 valence electrons. The molecule has 0 amide bonds. The van der Waals surface area contributed by atoms with Crippen molar-refractivity contribution >= 4 is 22.8 Å². The summed E-state index contributed by atoms with van der Waals surface area (Å²) in [6.45, 7) is 2.43. The van der Waals surface area contributed by atoms with Crippen LogP contribution in [-0.4, -0.2) is 42.4 Å². The molecule has 0 saturated heterocycles. The van der Waals surface area contributed by atoms with E-state index < -0.39 is 5.97 Å². The summed E-state index contributed by atoms with van der Waals surface area (Å²) in [5.74, 6) is 0.124. The van der Waals surface area contributed by atoms with Gasteiger partial charge in [0.2, 0.25) is 0 Å². The first-order valence-electron chi connectivity index (χ1n) is 8.01. The lowest BCUT2D eigenvalue weighted by molar-refractivity contribution is -0.136. The summed E-state index contributed by atoms with van der Waals surface area (Å²) in [5, 5.41) is 14.4. The summed E-state index contributed by atoms with van der Waals surface area (Å²) in [5.41, 5.74) is 2.76. The number of aromatic amines is 1. The molecule has 1 aliphatic heterocycles. The molecule has 8 heteroatoms. The first-order chi connectivity index (χ1) is 11.7. The number of aromatic nitrogens is 5. The molecule has 0 radical (unpaired) electrons. The Morgan fingerprint density at radius 1 is 1.33 bits per heavy atom. The number of carboxylic acid groups (broad SMARTS) is 1. The number of hydrogen-bond acceptors (Lipinski definition) is 5. The molecule has 8 nitrogen and oxygen atoms in total. The van der Waals surface area contributed by atoms with E-state index in [1.807, 2.05) is 23.0 Å². The number of carboxylic acids is 1. The van der Waals surface area contributed by atoms with Crippen molar-refractivity contribution in [1.29, 1.82) is 0 Å². The Morgan fingerprint density at radius 3 is 3.12 bits per heavy atom. The summed E-state index contributed by atoms with van der Waals surface area (Å²) in [4.78, 5) is 24.8. The van der Waals surface area contributed by atoms with Crippen LogP contribution in [0, 0.1) is 0 Å². The molecule has 0 atom stereocenters. The van der Waals surface area contributed by atoms with E-state index in [1.165, 1.54) is 0 Å². The van der Waals surface area contributed by atoms with Gasteiger partial charge < -0.3 is 15.0 Å². The molecule has 0 bridgehead atoms. The number of H-pyrrole nitrogens is 1. The van der Waals surface area contributed by atoms with Gasteiger partial charge in [0.25, 0.3) is 0 Å². The second-order valence-corrected chi connectivity index (χ2v) is 5.96. The van der Waals surface area contributed by atoms with Crippen LogP contribution in [0.25, 0.3) is 11.0 Å². The van der Waals surface area contributed by atoms with Crippen molar-refractivity contribution in [1.82, 2.24) is 24.7 Å². The van der Waals surface area contributed by atoms with E-state index in [1.54, 1.807) is 6.33 Å². The second-order valence-electron chi connectivity index (χ2n) is 5.96. The van der Waals surface area contributed by atoms with Crippen molar-refractivity contribution < 1.29 is 9.90 Å². The normalized spacial score (nSPS) is 14.6. The van der Waals surface area contributed by atoms with Gasteiger partial charge in [-0.3, -0.25) is 9.48 Å². The fourth-order valence-corrected chi connectivity index (χ4v) is 3.17. The molecule has 4 heterocycles. The Balaban J connectivity index is 1.61. The van der Waals surface area contributed by atoms with Crippen molar-refractivity contribution in [3.63, 3.8) is 0 Å². The Hall–Kier alpha value is -2.90. The topological polar surface area (TPSA) is 99.9 Å². The van der Waals surface area contributed by atoms with E-state index in [0.717, 1.165) is 47.7 Å². The van der Waals surface area contributed by atoms with Crippen LogP contribution in [0.2, 0.25) is 0 Å². The molecule has 0 unspecified atom stereocenters. The van der Waals surface area contributed by atoms with E-state index in [2.05, 4.69) is 25.0 Å². The number of rotatable bonds is 4. The zero-order valence-electron chi connectivity index (χ0n) is 13.1. The monoisotopic (exact) mass is 326 g/mol. The highest BCUT2D eigenvalue weighted by molar-refractivity contribution is 5.87. The van der Waals surface area contributed by atoms with Crippen molar-refractivity contribution in [3.8, 4) is 0 Å². The molecule has 0 saturated carbocycles. The Morgan fingerprint density at radius 2 is 2.25 bits per heavy atom. The lowest BCUT2D eigenvalue weighted by Crippen LogP contribution is -2.23. The third kappa shape index (κ3) is 2.70. The molecule has 2 N–H and O–H groups in total. The number of aryl methyl sites for hydroxylation is 2. The van der Waals surface area contributed by atoms with Crippen LogP contribution in [0.15, 0.2) is 24.7 Å². The molecular formula is C16H18N6O2. The summed E-state index contributed by atoms with van der Waals surface area (Å²) in [7, 11) is 0. The summed E-state index contributed by atoms with van der Waals surface area (Å²) in [6.07, 6.45) is 4.98. The highest BCUT2D eigenvalue weighted by Gasteiger charge is 2.20. The molecule has 3 aromatic heterocycles. The van der Waals surface area contributed by atoms with Crippen LogP contribution in [0.4, 0.5) is 5.82 Å². The maximum atomic E-state index is 10.7. The van der Waals surface area contributed by atoms with Crippen LogP contribution in [-0.2, 0) is 24.3 Å². The van der Waals surface area contributed by atoms with Gasteiger partial charge in [-0.25, -0.2) is 9.97 Å². The van der Waals surface area contributed by atoms with Crippen LogP contribution >= 0.6 is 0 Å². The molecule has 0 aromatic carbocycles. The predicted octanol–water partition coefficient (Wildman–Crippen LogP) is 1.58. The summed E-state index contributed by atoms with van der Waals surface area (Å²) >= 11 is 0. The average molecular weight is 326 g/mol. The number of nitrogens with zero attached hydrogens (tertiary/aromatic N) is 5. The molecule has 0 aliphatic carbocycles. The van der Waals surface area contributed by atoms with Crippen LogP contribution in [0.3, 0.4) is 0 Å². The minimum absolute atomic E-state index is 0.107. The van der Waals surface area contributed by atoms with Crippen LogP contribution < -0.4 is 4.90 Å². The van der Waals surface area contributed by atoms with Crippen LogP contribution in [0.5, 0.6) is 0 Å². The SMILES string of the molecule is O=C(O)CCc1cc2n(n1)CCCN(c1ncnc3[nH]ccc13)C2. The standard InChI is InChI=1S/C16H18N6O2/c23-14(24)3-2-11-8-12-9-21(6-1-7-22(12)20-11)16-13-4-5-17-15(13)18-10-19-16/h4-5,8,10H,1-3,6-7,9H2,(H,23,24)(H,17,18,19). The zero-order chi connectivity index (χ0) is 16.5. The number of fused-ring (bicyclic) bond motifs is 2. The number of nitrogens with one attached hydrogen (secondary N) is 1. The lowest BCUT2D eigenvalue weighted by atomic mass is 10.2. The van der Waals surface area contributed by atoms with Gasteiger partial charge in [-0.1, -0.05) is 0 Å². The summed E-state index contributed by atoms with van der Waals surface area (Å²) in [6, 6.07) is 4.00. The van der Waals surface area contributed by atoms with Crippen molar-refractivity contribution in [2.75, 3.05) is 11.4 Å². The first kappa shape index (κ1) is 14.7. The fourth-order valence-electron chi connectivity index (χ4n) is 3.17. The molecule has 1 aliphatic rings. The molecule has 3 aromatic rings. The van der Waals surface area contributed by atoms with Gasteiger partial charge in [-0.15, -0.1) is 0 Å².